The van der Waals surface area contributed by atoms with Crippen molar-refractivity contribution in [2.24, 2.45) is 4.99 Å². The van der Waals surface area contributed by atoms with E-state index in [4.69, 9.17) is 9.47 Å². The van der Waals surface area contributed by atoms with E-state index in [0.29, 0.717) is 25.5 Å². The Morgan fingerprint density at radius 1 is 1.17 bits per heavy atom. The highest BCUT2D eigenvalue weighted by molar-refractivity contribution is 5.80. The molecule has 1 unspecified atom stereocenters. The highest BCUT2D eigenvalue weighted by Crippen LogP contribution is 2.24. The van der Waals surface area contributed by atoms with Gasteiger partial charge in [-0.3, -0.25) is 9.89 Å². The fourth-order valence-corrected chi connectivity index (χ4v) is 3.45. The van der Waals surface area contributed by atoms with Crippen LogP contribution in [0.5, 0.6) is 11.5 Å². The van der Waals surface area contributed by atoms with Crippen molar-refractivity contribution < 1.29 is 22.6 Å². The second-order valence-corrected chi connectivity index (χ2v) is 7.42. The number of nitrogens with zero attached hydrogens (tertiary/aromatic N) is 2. The van der Waals surface area contributed by atoms with Crippen molar-refractivity contribution in [2.45, 2.75) is 51.4 Å². The van der Waals surface area contributed by atoms with Crippen LogP contribution in [0.1, 0.15) is 38.2 Å². The van der Waals surface area contributed by atoms with Crippen molar-refractivity contribution in [3.63, 3.8) is 0 Å². The Labute approximate surface area is 176 Å². The summed E-state index contributed by atoms with van der Waals surface area (Å²) in [5.41, 5.74) is 1.12. The number of ether oxygens (including phenoxy) is 2. The Kier molecular flexibility index (Phi) is 9.55. The van der Waals surface area contributed by atoms with E-state index in [1.54, 1.807) is 14.2 Å². The Balaban J connectivity index is 1.83. The first-order valence-corrected chi connectivity index (χ1v) is 10.4. The van der Waals surface area contributed by atoms with Crippen LogP contribution in [-0.2, 0) is 6.54 Å². The van der Waals surface area contributed by atoms with Gasteiger partial charge < -0.3 is 20.1 Å². The Morgan fingerprint density at radius 3 is 2.47 bits per heavy atom. The van der Waals surface area contributed by atoms with Gasteiger partial charge in [-0.2, -0.15) is 13.2 Å². The van der Waals surface area contributed by atoms with E-state index in [1.165, 1.54) is 0 Å². The molecule has 0 aromatic heterocycles. The molecule has 170 valence electrons. The van der Waals surface area contributed by atoms with Crippen LogP contribution in [0.15, 0.2) is 23.2 Å². The van der Waals surface area contributed by atoms with E-state index in [-0.39, 0.29) is 12.5 Å². The van der Waals surface area contributed by atoms with Gasteiger partial charge in [0.25, 0.3) is 0 Å². The van der Waals surface area contributed by atoms with Crippen LogP contribution < -0.4 is 20.1 Å². The summed E-state index contributed by atoms with van der Waals surface area (Å²) in [6.07, 6.45) is -3.34. The molecule has 1 aromatic carbocycles. The summed E-state index contributed by atoms with van der Waals surface area (Å²) < 4.78 is 47.4. The van der Waals surface area contributed by atoms with Gasteiger partial charge in [-0.25, -0.2) is 0 Å². The molecule has 0 amide bonds. The number of guanidine groups is 1. The number of methoxy groups -OCH3 is 2. The number of likely N-dealkylation sites (tertiary alicyclic amines) is 1. The summed E-state index contributed by atoms with van der Waals surface area (Å²) in [7, 11) is 3.28. The average Bonchev–Trinajstić information content (AvgIpc) is 3.13. The summed E-state index contributed by atoms with van der Waals surface area (Å²) in [5, 5.41) is 6.59. The van der Waals surface area contributed by atoms with Crippen molar-refractivity contribution in [3.8, 4) is 11.5 Å². The van der Waals surface area contributed by atoms with Crippen molar-refractivity contribution in [2.75, 3.05) is 40.4 Å². The van der Waals surface area contributed by atoms with Gasteiger partial charge in [-0.05, 0) is 43.9 Å². The maximum atomic E-state index is 12.2. The summed E-state index contributed by atoms with van der Waals surface area (Å²) in [5.74, 6) is 2.20. The van der Waals surface area contributed by atoms with E-state index in [9.17, 15) is 13.2 Å². The smallest absolute Gasteiger partial charge is 0.389 e. The minimum absolute atomic E-state index is 0.105. The fraction of sp³-hybridized carbons (Fsp3) is 0.667. The normalized spacial score (nSPS) is 17.8. The Bertz CT molecular complexity index is 660. The van der Waals surface area contributed by atoms with Gasteiger partial charge in [0.15, 0.2) is 5.96 Å². The molecule has 1 atom stereocenters. The molecule has 9 heteroatoms. The number of rotatable bonds is 10. The lowest BCUT2D eigenvalue weighted by molar-refractivity contribution is -0.135. The third-order valence-electron chi connectivity index (χ3n) is 4.91. The number of halogens is 3. The quantitative estimate of drug-likeness (QED) is 0.338. The monoisotopic (exact) mass is 430 g/mol. The zero-order valence-corrected chi connectivity index (χ0v) is 18.0. The molecule has 2 rings (SSSR count). The first-order valence-electron chi connectivity index (χ1n) is 10.4. The third-order valence-corrected chi connectivity index (χ3v) is 4.91. The predicted molar refractivity (Wildman–Crippen MR) is 112 cm³/mol. The first kappa shape index (κ1) is 24.1. The molecule has 6 nitrogen and oxygen atoms in total. The maximum Gasteiger partial charge on any atom is 0.389 e. The number of hydrogen-bond donors (Lipinski definition) is 2. The van der Waals surface area contributed by atoms with Crippen LogP contribution in [0, 0.1) is 0 Å². The van der Waals surface area contributed by atoms with Crippen LogP contribution in [0.25, 0.3) is 0 Å². The third kappa shape index (κ3) is 8.69. The number of nitrogens with one attached hydrogen (secondary N) is 2. The Hall–Kier alpha value is -2.16. The minimum Gasteiger partial charge on any atom is -0.497 e. The van der Waals surface area contributed by atoms with Gasteiger partial charge in [-0.15, -0.1) is 0 Å². The molecular weight excluding hydrogens is 397 g/mol. The zero-order valence-electron chi connectivity index (χ0n) is 18.0. The molecule has 1 aliphatic heterocycles. The molecule has 1 fully saturated rings. The fourth-order valence-electron chi connectivity index (χ4n) is 3.45. The SMILES string of the molecule is CCNC(=NCCCCC(F)(F)F)NC1CCN(Cc2cc(OC)cc(OC)c2)C1. The lowest BCUT2D eigenvalue weighted by Crippen LogP contribution is -2.44. The number of hydrogen-bond acceptors (Lipinski definition) is 4. The molecule has 0 aliphatic carbocycles. The second kappa shape index (κ2) is 11.9. The van der Waals surface area contributed by atoms with Crippen LogP contribution >= 0.6 is 0 Å². The van der Waals surface area contributed by atoms with E-state index < -0.39 is 12.6 Å². The molecule has 1 aromatic rings. The first-order chi connectivity index (χ1) is 14.3. The van der Waals surface area contributed by atoms with Crippen molar-refractivity contribution in [3.05, 3.63) is 23.8 Å². The lowest BCUT2D eigenvalue weighted by Gasteiger charge is -2.19. The van der Waals surface area contributed by atoms with E-state index >= 15 is 0 Å². The lowest BCUT2D eigenvalue weighted by atomic mass is 10.2. The van der Waals surface area contributed by atoms with Gasteiger partial charge in [-0.1, -0.05) is 0 Å². The minimum atomic E-state index is -4.09. The largest absolute Gasteiger partial charge is 0.497 e. The molecule has 1 heterocycles. The van der Waals surface area contributed by atoms with Crippen LogP contribution in [0.2, 0.25) is 0 Å². The molecular formula is C21H33F3N4O2. The molecule has 0 saturated carbocycles. The molecule has 30 heavy (non-hydrogen) atoms. The summed E-state index contributed by atoms with van der Waals surface area (Å²) in [6.45, 7) is 5.65. The van der Waals surface area contributed by atoms with Crippen molar-refractivity contribution in [1.82, 2.24) is 15.5 Å². The standard InChI is InChI=1S/C21H33F3N4O2/c1-4-25-20(26-9-6-5-8-21(22,23)24)27-17-7-10-28(15-17)14-16-11-18(29-2)13-19(12-16)30-3/h11-13,17H,4-10,14-15H2,1-3H3,(H2,25,26,27). The molecule has 0 spiro atoms. The van der Waals surface area contributed by atoms with Gasteiger partial charge in [0, 0.05) is 51.3 Å². The number of unbranched alkanes of at least 4 members (excludes halogenated alkanes) is 1. The van der Waals surface area contributed by atoms with Crippen LogP contribution in [0.3, 0.4) is 0 Å². The topological polar surface area (TPSA) is 58.1 Å². The van der Waals surface area contributed by atoms with Crippen molar-refractivity contribution in [1.29, 1.82) is 0 Å². The van der Waals surface area contributed by atoms with E-state index in [1.807, 2.05) is 25.1 Å². The summed E-state index contributed by atoms with van der Waals surface area (Å²) >= 11 is 0. The van der Waals surface area contributed by atoms with E-state index in [2.05, 4.69) is 20.5 Å². The highest BCUT2D eigenvalue weighted by Gasteiger charge is 2.26. The summed E-state index contributed by atoms with van der Waals surface area (Å²) in [6, 6.07) is 6.11. The number of aliphatic imine (C=N–C) groups is 1. The molecule has 1 aliphatic rings. The van der Waals surface area contributed by atoms with Crippen molar-refractivity contribution >= 4 is 5.96 Å². The van der Waals surface area contributed by atoms with Gasteiger partial charge >= 0.3 is 6.18 Å². The average molecular weight is 431 g/mol. The van der Waals surface area contributed by atoms with Gasteiger partial charge in [0.05, 0.1) is 14.2 Å². The van der Waals surface area contributed by atoms with E-state index in [0.717, 1.165) is 43.1 Å². The number of benzene rings is 1. The van der Waals surface area contributed by atoms with Gasteiger partial charge in [0.2, 0.25) is 0 Å². The Morgan fingerprint density at radius 2 is 1.87 bits per heavy atom. The molecule has 0 bridgehead atoms. The van der Waals surface area contributed by atoms with Crippen LogP contribution in [0.4, 0.5) is 13.2 Å². The molecule has 0 radical (unpaired) electrons. The molecule has 2 N–H and O–H groups in total. The van der Waals surface area contributed by atoms with Gasteiger partial charge in [0.1, 0.15) is 11.5 Å². The van der Waals surface area contributed by atoms with Crippen LogP contribution in [-0.4, -0.2) is 63.5 Å². The number of alkyl halides is 3. The second-order valence-electron chi connectivity index (χ2n) is 7.42. The maximum absolute atomic E-state index is 12.2. The summed E-state index contributed by atoms with van der Waals surface area (Å²) in [4.78, 5) is 6.77. The zero-order chi connectivity index (χ0) is 22.0. The predicted octanol–water partition coefficient (Wildman–Crippen LogP) is 3.57. The highest BCUT2D eigenvalue weighted by atomic mass is 19.4. The molecule has 1 saturated heterocycles.